The number of para-hydroxylation sites is 1. The Morgan fingerprint density at radius 2 is 1.71 bits per heavy atom. The maximum atomic E-state index is 12.7. The lowest BCUT2D eigenvalue weighted by Gasteiger charge is -2.32. The Labute approximate surface area is 184 Å². The summed E-state index contributed by atoms with van der Waals surface area (Å²) in [7, 11) is 0. The SMILES string of the molecule is O=C(NC1CCN(C(=O)CCn2c(=S)[nH]c3ccccc3c2=O)CC1)c1ccccc1. The van der Waals surface area contributed by atoms with Crippen molar-refractivity contribution < 1.29 is 9.59 Å². The van der Waals surface area contributed by atoms with Crippen molar-refractivity contribution in [3.8, 4) is 0 Å². The first-order valence-electron chi connectivity index (χ1n) is 10.4. The smallest absolute Gasteiger partial charge is 0.262 e. The van der Waals surface area contributed by atoms with Gasteiger partial charge in [0.2, 0.25) is 5.91 Å². The number of amides is 2. The molecule has 8 heteroatoms. The molecular weight excluding hydrogens is 412 g/mol. The summed E-state index contributed by atoms with van der Waals surface area (Å²) in [6.45, 7) is 1.40. The van der Waals surface area contributed by atoms with Crippen molar-refractivity contribution in [3.63, 3.8) is 0 Å². The van der Waals surface area contributed by atoms with Crippen molar-refractivity contribution in [2.45, 2.75) is 31.8 Å². The molecule has 0 saturated carbocycles. The molecular formula is C23H24N4O3S. The lowest BCUT2D eigenvalue weighted by atomic mass is 10.0. The van der Waals surface area contributed by atoms with Crippen molar-refractivity contribution in [3.05, 3.63) is 75.3 Å². The molecule has 7 nitrogen and oxygen atoms in total. The van der Waals surface area contributed by atoms with E-state index in [0.717, 1.165) is 0 Å². The minimum Gasteiger partial charge on any atom is -0.349 e. The molecule has 0 radical (unpaired) electrons. The van der Waals surface area contributed by atoms with Gasteiger partial charge in [-0.1, -0.05) is 30.3 Å². The van der Waals surface area contributed by atoms with E-state index >= 15 is 0 Å². The monoisotopic (exact) mass is 436 g/mol. The first-order valence-corrected chi connectivity index (χ1v) is 10.8. The van der Waals surface area contributed by atoms with Gasteiger partial charge in [0, 0.05) is 37.7 Å². The normalized spacial score (nSPS) is 14.5. The van der Waals surface area contributed by atoms with Gasteiger partial charge >= 0.3 is 0 Å². The Morgan fingerprint density at radius 3 is 2.45 bits per heavy atom. The second-order valence-corrected chi connectivity index (χ2v) is 8.06. The Kier molecular flexibility index (Phi) is 6.27. The molecule has 0 bridgehead atoms. The number of fused-ring (bicyclic) bond motifs is 1. The number of likely N-dealkylation sites (tertiary alicyclic amines) is 1. The Balaban J connectivity index is 1.32. The maximum absolute atomic E-state index is 12.7. The maximum Gasteiger partial charge on any atom is 0.262 e. The van der Waals surface area contributed by atoms with Crippen LogP contribution in [-0.2, 0) is 11.3 Å². The van der Waals surface area contributed by atoms with Crippen LogP contribution in [0, 0.1) is 4.77 Å². The number of hydrogen-bond acceptors (Lipinski definition) is 4. The fourth-order valence-corrected chi connectivity index (χ4v) is 4.18. The van der Waals surface area contributed by atoms with E-state index in [0.29, 0.717) is 47.2 Å². The summed E-state index contributed by atoms with van der Waals surface area (Å²) in [6, 6.07) is 16.4. The molecule has 1 fully saturated rings. The van der Waals surface area contributed by atoms with Crippen LogP contribution < -0.4 is 10.9 Å². The summed E-state index contributed by atoms with van der Waals surface area (Å²) < 4.78 is 1.77. The molecule has 1 aliphatic heterocycles. The Hall–Kier alpha value is -3.26. The third-order valence-corrected chi connectivity index (χ3v) is 5.98. The number of H-pyrrole nitrogens is 1. The van der Waals surface area contributed by atoms with Crippen LogP contribution in [0.3, 0.4) is 0 Å². The first-order chi connectivity index (χ1) is 15.0. The topological polar surface area (TPSA) is 87.2 Å². The number of carbonyl (C=O) groups is 2. The molecule has 0 unspecified atom stereocenters. The van der Waals surface area contributed by atoms with Gasteiger partial charge in [-0.15, -0.1) is 0 Å². The zero-order chi connectivity index (χ0) is 21.8. The fraction of sp³-hybridized carbons (Fsp3) is 0.304. The van der Waals surface area contributed by atoms with Gasteiger partial charge in [0.1, 0.15) is 0 Å². The van der Waals surface area contributed by atoms with E-state index in [4.69, 9.17) is 12.2 Å². The highest BCUT2D eigenvalue weighted by molar-refractivity contribution is 7.71. The molecule has 3 aromatic rings. The van der Waals surface area contributed by atoms with Gasteiger partial charge < -0.3 is 15.2 Å². The van der Waals surface area contributed by atoms with E-state index in [1.54, 1.807) is 29.2 Å². The van der Waals surface area contributed by atoms with Crippen LogP contribution in [0.25, 0.3) is 10.9 Å². The van der Waals surface area contributed by atoms with Crippen LogP contribution >= 0.6 is 12.2 Å². The highest BCUT2D eigenvalue weighted by Crippen LogP contribution is 2.13. The first kappa shape index (κ1) is 21.0. The minimum atomic E-state index is -0.186. The summed E-state index contributed by atoms with van der Waals surface area (Å²) in [5.41, 5.74) is 1.15. The molecule has 0 atom stereocenters. The number of aromatic nitrogens is 2. The van der Waals surface area contributed by atoms with E-state index in [-0.39, 0.29) is 36.4 Å². The zero-order valence-electron chi connectivity index (χ0n) is 17.0. The van der Waals surface area contributed by atoms with Gasteiger partial charge in [0.15, 0.2) is 4.77 Å². The summed E-state index contributed by atoms with van der Waals surface area (Å²) in [5.74, 6) is -0.0995. The van der Waals surface area contributed by atoms with E-state index in [9.17, 15) is 14.4 Å². The molecule has 160 valence electrons. The number of rotatable bonds is 5. The van der Waals surface area contributed by atoms with Crippen LogP contribution in [0.15, 0.2) is 59.4 Å². The molecule has 2 amide bonds. The van der Waals surface area contributed by atoms with Gasteiger partial charge in [-0.25, -0.2) is 0 Å². The van der Waals surface area contributed by atoms with E-state index in [2.05, 4.69) is 10.3 Å². The van der Waals surface area contributed by atoms with Crippen molar-refractivity contribution in [1.82, 2.24) is 19.8 Å². The van der Waals surface area contributed by atoms with Crippen molar-refractivity contribution in [2.75, 3.05) is 13.1 Å². The Bertz CT molecular complexity index is 1210. The summed E-state index contributed by atoms with van der Waals surface area (Å²) >= 11 is 5.31. The third-order valence-electron chi connectivity index (χ3n) is 5.66. The number of nitrogens with zero attached hydrogens (tertiary/aromatic N) is 2. The Morgan fingerprint density at radius 1 is 1.03 bits per heavy atom. The van der Waals surface area contributed by atoms with Gasteiger partial charge in [0.25, 0.3) is 11.5 Å². The van der Waals surface area contributed by atoms with E-state index < -0.39 is 0 Å². The fourth-order valence-electron chi connectivity index (χ4n) is 3.90. The van der Waals surface area contributed by atoms with Crippen molar-refractivity contribution >= 4 is 34.9 Å². The van der Waals surface area contributed by atoms with Gasteiger partial charge in [-0.2, -0.15) is 0 Å². The molecule has 0 spiro atoms. The number of aromatic amines is 1. The molecule has 2 aromatic carbocycles. The largest absolute Gasteiger partial charge is 0.349 e. The molecule has 0 aliphatic carbocycles. The predicted molar refractivity (Wildman–Crippen MR) is 122 cm³/mol. The van der Waals surface area contributed by atoms with Gasteiger partial charge in [0.05, 0.1) is 10.9 Å². The lowest BCUT2D eigenvalue weighted by molar-refractivity contribution is -0.132. The molecule has 2 N–H and O–H groups in total. The third kappa shape index (κ3) is 4.74. The second kappa shape index (κ2) is 9.26. The average molecular weight is 437 g/mol. The molecule has 1 aromatic heterocycles. The molecule has 4 rings (SSSR count). The summed E-state index contributed by atoms with van der Waals surface area (Å²) in [5, 5.41) is 3.60. The van der Waals surface area contributed by atoms with Crippen molar-refractivity contribution in [2.24, 2.45) is 0 Å². The van der Waals surface area contributed by atoms with Crippen LogP contribution in [0.2, 0.25) is 0 Å². The highest BCUT2D eigenvalue weighted by Gasteiger charge is 2.24. The van der Waals surface area contributed by atoms with Crippen molar-refractivity contribution in [1.29, 1.82) is 0 Å². The molecule has 2 heterocycles. The number of piperidine rings is 1. The second-order valence-electron chi connectivity index (χ2n) is 7.68. The highest BCUT2D eigenvalue weighted by atomic mass is 32.1. The van der Waals surface area contributed by atoms with E-state index in [1.807, 2.05) is 30.3 Å². The number of nitrogens with one attached hydrogen (secondary N) is 2. The van der Waals surface area contributed by atoms with Gasteiger partial charge in [-0.05, 0) is 49.3 Å². The average Bonchev–Trinajstić information content (AvgIpc) is 2.80. The zero-order valence-corrected chi connectivity index (χ0v) is 17.9. The quantitative estimate of drug-likeness (QED) is 0.602. The summed E-state index contributed by atoms with van der Waals surface area (Å²) in [6.07, 6.45) is 1.62. The van der Waals surface area contributed by atoms with Crippen LogP contribution in [0.1, 0.15) is 29.6 Å². The number of benzene rings is 2. The number of carbonyl (C=O) groups excluding carboxylic acids is 2. The van der Waals surface area contributed by atoms with Crippen LogP contribution in [0.4, 0.5) is 0 Å². The molecule has 1 aliphatic rings. The standard InChI is InChI=1S/C23H24N4O3S/c28-20(12-15-27-22(30)18-8-4-5-9-19(18)25-23(27)31)26-13-10-17(11-14-26)24-21(29)16-6-2-1-3-7-16/h1-9,17H,10-15H2,(H,24,29)(H,25,31). The van der Waals surface area contributed by atoms with Crippen LogP contribution in [-0.4, -0.2) is 45.4 Å². The minimum absolute atomic E-state index is 0.0118. The van der Waals surface area contributed by atoms with Gasteiger partial charge in [-0.3, -0.25) is 19.0 Å². The van der Waals surface area contributed by atoms with Crippen LogP contribution in [0.5, 0.6) is 0 Å². The number of hydrogen-bond donors (Lipinski definition) is 2. The predicted octanol–water partition coefficient (Wildman–Crippen LogP) is 2.87. The summed E-state index contributed by atoms with van der Waals surface area (Å²) in [4.78, 5) is 42.6. The van der Waals surface area contributed by atoms with E-state index in [1.165, 1.54) is 4.57 Å². The molecule has 31 heavy (non-hydrogen) atoms. The lowest BCUT2D eigenvalue weighted by Crippen LogP contribution is -2.46. The molecule has 1 saturated heterocycles.